The molecule has 0 aliphatic rings. The van der Waals surface area contributed by atoms with Gasteiger partial charge in [0.25, 0.3) is 0 Å². The number of benzene rings is 1. The Morgan fingerprint density at radius 2 is 2.21 bits per heavy atom. The lowest BCUT2D eigenvalue weighted by Crippen LogP contribution is -2.07. The van der Waals surface area contributed by atoms with Crippen LogP contribution in [0.1, 0.15) is 13.3 Å². The number of esters is 1. The Morgan fingerprint density at radius 1 is 1.36 bits per heavy atom. The lowest BCUT2D eigenvalue weighted by Gasteiger charge is -2.07. The molecule has 3 aromatic heterocycles. The SMILES string of the molecule is CC(=O)OCCCn1c(Sc2nc3cccc(F)c3s2)nc2c(N)ncnc21. The van der Waals surface area contributed by atoms with E-state index in [1.54, 1.807) is 12.1 Å². The summed E-state index contributed by atoms with van der Waals surface area (Å²) in [5.74, 6) is -0.346. The Hall–Kier alpha value is -2.79. The van der Waals surface area contributed by atoms with Crippen LogP contribution >= 0.6 is 23.1 Å². The lowest BCUT2D eigenvalue weighted by atomic mass is 10.3. The second kappa shape index (κ2) is 7.68. The standard InChI is InChI=1S/C17H15FN6O2S2/c1-9(25)26-7-3-6-24-15-12(14(19)20-8-21-15)23-16(24)28-17-22-11-5-2-4-10(18)13(11)27-17/h2,4-5,8H,3,6-7H2,1H3,(H2,19,20,21). The van der Waals surface area contributed by atoms with Crippen LogP contribution in [0.2, 0.25) is 0 Å². The predicted molar refractivity (Wildman–Crippen MR) is 105 cm³/mol. The number of nitrogen functional groups attached to an aromatic ring is 1. The van der Waals surface area contributed by atoms with Crippen LogP contribution < -0.4 is 5.73 Å². The molecule has 0 aliphatic carbocycles. The first-order valence-corrected chi connectivity index (χ1v) is 9.99. The fraction of sp³-hybridized carbons (Fsp3) is 0.235. The van der Waals surface area contributed by atoms with Gasteiger partial charge in [0.2, 0.25) is 0 Å². The van der Waals surface area contributed by atoms with E-state index in [1.165, 1.54) is 42.4 Å². The molecule has 8 nitrogen and oxygen atoms in total. The number of imidazole rings is 1. The van der Waals surface area contributed by atoms with Gasteiger partial charge in [0.1, 0.15) is 12.1 Å². The van der Waals surface area contributed by atoms with Crippen molar-refractivity contribution in [3.8, 4) is 0 Å². The normalized spacial score (nSPS) is 11.4. The number of aryl methyl sites for hydroxylation is 1. The van der Waals surface area contributed by atoms with Gasteiger partial charge in [-0.05, 0) is 30.3 Å². The van der Waals surface area contributed by atoms with Gasteiger partial charge in [-0.15, -0.1) is 11.3 Å². The number of rotatable bonds is 6. The maximum Gasteiger partial charge on any atom is 0.302 e. The van der Waals surface area contributed by atoms with Gasteiger partial charge in [-0.3, -0.25) is 4.79 Å². The number of fused-ring (bicyclic) bond motifs is 2. The Labute approximate surface area is 167 Å². The number of carbonyl (C=O) groups is 1. The number of hydrogen-bond acceptors (Lipinski definition) is 9. The van der Waals surface area contributed by atoms with Crippen molar-refractivity contribution < 1.29 is 13.9 Å². The molecule has 2 N–H and O–H groups in total. The number of nitrogens with zero attached hydrogens (tertiary/aromatic N) is 5. The van der Waals surface area contributed by atoms with Crippen LogP contribution in [0.4, 0.5) is 10.2 Å². The number of halogens is 1. The maximum absolute atomic E-state index is 14.0. The number of ether oxygens (including phenoxy) is 1. The average Bonchev–Trinajstić information content (AvgIpc) is 3.22. The Balaban J connectivity index is 1.68. The summed E-state index contributed by atoms with van der Waals surface area (Å²) < 4.78 is 22.0. The van der Waals surface area contributed by atoms with Gasteiger partial charge in [0.15, 0.2) is 26.5 Å². The molecule has 4 aromatic rings. The summed E-state index contributed by atoms with van der Waals surface area (Å²) >= 11 is 2.57. The third kappa shape index (κ3) is 3.62. The molecule has 0 saturated carbocycles. The van der Waals surface area contributed by atoms with Gasteiger partial charge in [0.05, 0.1) is 16.8 Å². The molecule has 0 spiro atoms. The topological polar surface area (TPSA) is 109 Å². The van der Waals surface area contributed by atoms with Crippen molar-refractivity contribution in [2.75, 3.05) is 12.3 Å². The minimum atomic E-state index is -0.326. The van der Waals surface area contributed by atoms with Crippen LogP contribution in [0.25, 0.3) is 21.4 Å². The quantitative estimate of drug-likeness (QED) is 0.375. The van der Waals surface area contributed by atoms with Crippen LogP contribution in [-0.2, 0) is 16.1 Å². The molecule has 3 heterocycles. The zero-order chi connectivity index (χ0) is 19.7. The first-order chi connectivity index (χ1) is 13.5. The predicted octanol–water partition coefficient (Wildman–Crippen LogP) is 3.26. The Morgan fingerprint density at radius 3 is 3.00 bits per heavy atom. The zero-order valence-corrected chi connectivity index (χ0v) is 16.4. The summed E-state index contributed by atoms with van der Waals surface area (Å²) in [7, 11) is 0. The molecule has 0 fully saturated rings. The summed E-state index contributed by atoms with van der Waals surface area (Å²) in [6.07, 6.45) is 1.96. The fourth-order valence-electron chi connectivity index (χ4n) is 2.67. The van der Waals surface area contributed by atoms with Crippen molar-refractivity contribution in [3.05, 3.63) is 30.3 Å². The molecular weight excluding hydrogens is 403 g/mol. The molecule has 0 radical (unpaired) electrons. The molecule has 4 rings (SSSR count). The van der Waals surface area contributed by atoms with E-state index >= 15 is 0 Å². The number of hydrogen-bond donors (Lipinski definition) is 1. The fourth-order valence-corrected chi connectivity index (χ4v) is 4.74. The summed E-state index contributed by atoms with van der Waals surface area (Å²) in [5, 5.41) is 0.615. The molecule has 144 valence electrons. The number of carbonyl (C=O) groups excluding carboxylic acids is 1. The number of thiazole rings is 1. The molecule has 0 saturated heterocycles. The lowest BCUT2D eigenvalue weighted by molar-refractivity contribution is -0.141. The third-order valence-corrected chi connectivity index (χ3v) is 6.02. The maximum atomic E-state index is 14.0. The first-order valence-electron chi connectivity index (χ1n) is 8.36. The highest BCUT2D eigenvalue weighted by Gasteiger charge is 2.18. The average molecular weight is 418 g/mol. The van der Waals surface area contributed by atoms with Gasteiger partial charge < -0.3 is 15.0 Å². The molecule has 0 bridgehead atoms. The summed E-state index contributed by atoms with van der Waals surface area (Å²) in [6, 6.07) is 4.81. The van der Waals surface area contributed by atoms with Crippen molar-refractivity contribution in [2.45, 2.75) is 29.4 Å². The van der Waals surface area contributed by atoms with E-state index in [-0.39, 0.29) is 24.2 Å². The molecule has 0 atom stereocenters. The van der Waals surface area contributed by atoms with E-state index in [2.05, 4.69) is 19.9 Å². The van der Waals surface area contributed by atoms with Gasteiger partial charge >= 0.3 is 5.97 Å². The van der Waals surface area contributed by atoms with E-state index in [9.17, 15) is 9.18 Å². The van der Waals surface area contributed by atoms with Gasteiger partial charge in [-0.2, -0.15) is 0 Å². The zero-order valence-electron chi connectivity index (χ0n) is 14.8. The summed E-state index contributed by atoms with van der Waals surface area (Å²) in [6.45, 7) is 2.17. The molecule has 11 heteroatoms. The van der Waals surface area contributed by atoms with E-state index in [1.807, 2.05) is 4.57 Å². The summed E-state index contributed by atoms with van der Waals surface area (Å²) in [4.78, 5) is 28.3. The van der Waals surface area contributed by atoms with E-state index in [0.29, 0.717) is 43.8 Å². The van der Waals surface area contributed by atoms with Gasteiger partial charge in [-0.25, -0.2) is 24.3 Å². The first kappa shape index (κ1) is 18.6. The molecule has 0 aliphatic heterocycles. The minimum Gasteiger partial charge on any atom is -0.466 e. The Kier molecular flexibility index (Phi) is 5.09. The summed E-state index contributed by atoms with van der Waals surface area (Å²) in [5.41, 5.74) is 7.62. The van der Waals surface area contributed by atoms with E-state index in [0.717, 1.165) is 0 Å². The molecular formula is C17H15FN6O2S2. The van der Waals surface area contributed by atoms with Gasteiger partial charge in [-0.1, -0.05) is 6.07 Å². The monoisotopic (exact) mass is 418 g/mol. The van der Waals surface area contributed by atoms with Crippen LogP contribution in [0.3, 0.4) is 0 Å². The van der Waals surface area contributed by atoms with E-state index in [4.69, 9.17) is 10.5 Å². The molecule has 28 heavy (non-hydrogen) atoms. The highest BCUT2D eigenvalue weighted by Crippen LogP contribution is 2.36. The number of aromatic nitrogens is 5. The molecule has 0 unspecified atom stereocenters. The number of nitrogens with two attached hydrogens (primary N) is 1. The highest BCUT2D eigenvalue weighted by molar-refractivity contribution is 8.01. The largest absolute Gasteiger partial charge is 0.466 e. The van der Waals surface area contributed by atoms with Crippen molar-refractivity contribution in [1.82, 2.24) is 24.5 Å². The van der Waals surface area contributed by atoms with Crippen molar-refractivity contribution >= 4 is 56.3 Å². The van der Waals surface area contributed by atoms with Gasteiger partial charge in [0, 0.05) is 13.5 Å². The third-order valence-electron chi connectivity index (χ3n) is 3.88. The second-order valence-electron chi connectivity index (χ2n) is 5.84. The second-order valence-corrected chi connectivity index (χ2v) is 8.05. The molecule has 0 amide bonds. The highest BCUT2D eigenvalue weighted by atomic mass is 32.2. The Bertz CT molecular complexity index is 1180. The van der Waals surface area contributed by atoms with Crippen LogP contribution in [0, 0.1) is 5.82 Å². The number of anilines is 1. The van der Waals surface area contributed by atoms with Crippen LogP contribution in [0.15, 0.2) is 34.0 Å². The van der Waals surface area contributed by atoms with Crippen molar-refractivity contribution in [1.29, 1.82) is 0 Å². The van der Waals surface area contributed by atoms with E-state index < -0.39 is 0 Å². The van der Waals surface area contributed by atoms with Crippen molar-refractivity contribution in [3.63, 3.8) is 0 Å². The van der Waals surface area contributed by atoms with Crippen LogP contribution in [-0.4, -0.2) is 37.1 Å². The smallest absolute Gasteiger partial charge is 0.302 e. The van der Waals surface area contributed by atoms with Crippen LogP contribution in [0.5, 0.6) is 0 Å². The van der Waals surface area contributed by atoms with Crippen molar-refractivity contribution in [2.24, 2.45) is 0 Å². The minimum absolute atomic E-state index is 0.279. The molecule has 1 aromatic carbocycles.